The molecule has 0 saturated carbocycles. The number of benzene rings is 7. The van der Waals surface area contributed by atoms with Crippen molar-refractivity contribution in [3.63, 3.8) is 0 Å². The van der Waals surface area contributed by atoms with Crippen LogP contribution in [0.5, 0.6) is 0 Å². The van der Waals surface area contributed by atoms with Gasteiger partial charge in [0.2, 0.25) is 0 Å². The van der Waals surface area contributed by atoms with E-state index in [2.05, 4.69) is 134 Å². The number of nitrogens with zero attached hydrogens (tertiary/aromatic N) is 4. The van der Waals surface area contributed by atoms with Crippen LogP contribution in [-0.4, -0.2) is 14.5 Å². The summed E-state index contributed by atoms with van der Waals surface area (Å²) in [6.45, 7) is 9.04. The number of nitriles is 1. The van der Waals surface area contributed by atoms with Gasteiger partial charge in [-0.2, -0.15) is 0 Å². The zero-order valence-electron chi connectivity index (χ0n) is 34.4. The minimum atomic E-state index is 0. The van der Waals surface area contributed by atoms with E-state index >= 15 is 0 Å². The second-order valence-electron chi connectivity index (χ2n) is 15.5. The molecule has 61 heavy (non-hydrogen) atoms. The SMILES string of the molecule is CC(C)c1cc(-c2ccc(-c3ccccc3)cc2)cc(C(C)C)c1-n1c(-c2[c-]cc(C#N)c3c2oc2ccccc23)nc2ccccc21.[Ir].[c-]1ccccc1-c1ccccn1. The Hall–Kier alpha value is -6.90. The Morgan fingerprint density at radius 2 is 1.30 bits per heavy atom. The summed E-state index contributed by atoms with van der Waals surface area (Å²) >= 11 is 0. The van der Waals surface area contributed by atoms with Crippen LogP contribution < -0.4 is 0 Å². The van der Waals surface area contributed by atoms with Crippen molar-refractivity contribution in [2.75, 3.05) is 0 Å². The van der Waals surface area contributed by atoms with Crippen molar-refractivity contribution >= 4 is 33.0 Å². The molecule has 0 spiro atoms. The number of para-hydroxylation sites is 3. The first-order valence-corrected chi connectivity index (χ1v) is 20.4. The van der Waals surface area contributed by atoms with Gasteiger partial charge < -0.3 is 14.0 Å². The summed E-state index contributed by atoms with van der Waals surface area (Å²) < 4.78 is 8.80. The molecule has 7 aromatic carbocycles. The van der Waals surface area contributed by atoms with Gasteiger partial charge in [0.15, 0.2) is 0 Å². The molecule has 0 amide bonds. The van der Waals surface area contributed by atoms with Crippen LogP contribution >= 0.6 is 0 Å². The zero-order chi connectivity index (χ0) is 41.2. The minimum Gasteiger partial charge on any atom is -0.500 e. The molecule has 3 heterocycles. The first kappa shape index (κ1) is 40.9. The number of fused-ring (bicyclic) bond motifs is 4. The number of furan rings is 1. The van der Waals surface area contributed by atoms with Crippen molar-refractivity contribution in [1.82, 2.24) is 14.5 Å². The Labute approximate surface area is 370 Å². The number of pyridine rings is 1. The summed E-state index contributed by atoms with van der Waals surface area (Å²) in [4.78, 5) is 9.46. The molecule has 0 aliphatic carbocycles. The van der Waals surface area contributed by atoms with Crippen molar-refractivity contribution in [2.24, 2.45) is 0 Å². The molecule has 0 N–H and O–H groups in total. The fourth-order valence-electron chi connectivity index (χ4n) is 7.99. The van der Waals surface area contributed by atoms with E-state index in [0.29, 0.717) is 11.1 Å². The predicted molar refractivity (Wildman–Crippen MR) is 245 cm³/mol. The van der Waals surface area contributed by atoms with E-state index in [4.69, 9.17) is 9.40 Å². The van der Waals surface area contributed by atoms with E-state index in [-0.39, 0.29) is 31.9 Å². The fourth-order valence-corrected chi connectivity index (χ4v) is 7.99. The molecular formula is C55H42IrN4O-2. The third kappa shape index (κ3) is 7.95. The van der Waals surface area contributed by atoms with Crippen LogP contribution in [0.4, 0.5) is 0 Å². The molecule has 0 atom stereocenters. The van der Waals surface area contributed by atoms with Gasteiger partial charge in [-0.15, -0.1) is 48.0 Å². The van der Waals surface area contributed by atoms with Crippen LogP contribution in [0.25, 0.3) is 83.6 Å². The maximum Gasteiger partial charge on any atom is 0.120 e. The molecule has 1 radical (unpaired) electrons. The summed E-state index contributed by atoms with van der Waals surface area (Å²) in [6, 6.07) is 64.6. The van der Waals surface area contributed by atoms with E-state index in [1.807, 2.05) is 78.9 Å². The number of aromatic nitrogens is 3. The predicted octanol–water partition coefficient (Wildman–Crippen LogP) is 14.4. The van der Waals surface area contributed by atoms with E-state index in [9.17, 15) is 5.26 Å². The summed E-state index contributed by atoms with van der Waals surface area (Å²) in [5.41, 5.74) is 15.0. The summed E-state index contributed by atoms with van der Waals surface area (Å²) in [6.07, 6.45) is 1.79. The summed E-state index contributed by atoms with van der Waals surface area (Å²) in [5.74, 6) is 1.20. The van der Waals surface area contributed by atoms with Gasteiger partial charge in [0, 0.05) is 43.4 Å². The number of hydrogen-bond donors (Lipinski definition) is 0. The molecule has 0 saturated heterocycles. The normalized spacial score (nSPS) is 11.1. The van der Waals surface area contributed by atoms with Crippen molar-refractivity contribution in [3.05, 3.63) is 199 Å². The Morgan fingerprint density at radius 1 is 0.656 bits per heavy atom. The standard InChI is InChI=1S/C44H34N3O.C11H8N.Ir/c1-27(2)36-24-33(31-20-18-30(19-21-31)29-12-6-5-7-13-29)25-37(28(3)4)42(36)47-39-16-10-9-15-38(39)46-44(47)35-23-22-32(26-45)41-34-14-8-11-17-40(34)48-43(35)41;1-2-6-10(7-3-1)11-8-4-5-9-12-11;/h5-22,24-25,27-28H,1-4H3;1-6,8-9H;/q2*-1;. The molecule has 0 aliphatic heterocycles. The molecule has 0 fully saturated rings. The molecule has 0 bridgehead atoms. The Balaban J connectivity index is 0.000000340. The molecule has 299 valence electrons. The largest absolute Gasteiger partial charge is 0.500 e. The third-order valence-corrected chi connectivity index (χ3v) is 11.0. The number of imidazole rings is 1. The first-order chi connectivity index (χ1) is 29.4. The van der Waals surface area contributed by atoms with Crippen LogP contribution in [0.2, 0.25) is 0 Å². The zero-order valence-corrected chi connectivity index (χ0v) is 36.7. The van der Waals surface area contributed by atoms with Gasteiger partial charge in [0.25, 0.3) is 0 Å². The van der Waals surface area contributed by atoms with Crippen LogP contribution in [-0.2, 0) is 20.1 Å². The Morgan fingerprint density at radius 3 is 1.97 bits per heavy atom. The minimum absolute atomic E-state index is 0. The van der Waals surface area contributed by atoms with Crippen molar-refractivity contribution in [1.29, 1.82) is 5.26 Å². The van der Waals surface area contributed by atoms with Crippen LogP contribution in [0.3, 0.4) is 0 Å². The number of hydrogen-bond acceptors (Lipinski definition) is 4. The van der Waals surface area contributed by atoms with Crippen LogP contribution in [0.1, 0.15) is 56.2 Å². The first-order valence-electron chi connectivity index (χ1n) is 20.4. The van der Waals surface area contributed by atoms with E-state index < -0.39 is 0 Å². The third-order valence-electron chi connectivity index (χ3n) is 11.0. The van der Waals surface area contributed by atoms with Crippen molar-refractivity contribution < 1.29 is 24.5 Å². The molecular weight excluding hydrogens is 925 g/mol. The molecule has 6 heteroatoms. The van der Waals surface area contributed by atoms with Crippen molar-refractivity contribution in [3.8, 4) is 56.7 Å². The Kier molecular flexibility index (Phi) is 11.9. The molecule has 10 rings (SSSR count). The number of rotatable bonds is 7. The molecule has 3 aromatic heterocycles. The second-order valence-corrected chi connectivity index (χ2v) is 15.5. The van der Waals surface area contributed by atoms with Crippen LogP contribution in [0.15, 0.2) is 174 Å². The summed E-state index contributed by atoms with van der Waals surface area (Å²) in [5, 5.41) is 11.8. The quantitative estimate of drug-likeness (QED) is 0.149. The maximum atomic E-state index is 10.1. The Bertz CT molecular complexity index is 3080. The van der Waals surface area contributed by atoms with Gasteiger partial charge in [-0.1, -0.05) is 130 Å². The van der Waals surface area contributed by atoms with Crippen LogP contribution in [0, 0.1) is 23.5 Å². The van der Waals surface area contributed by atoms with Crippen molar-refractivity contribution in [2.45, 2.75) is 39.5 Å². The average Bonchev–Trinajstić information content (AvgIpc) is 3.89. The molecule has 5 nitrogen and oxygen atoms in total. The van der Waals surface area contributed by atoms with Gasteiger partial charge >= 0.3 is 0 Å². The maximum absolute atomic E-state index is 10.1. The molecule has 0 aliphatic rings. The van der Waals surface area contributed by atoms with E-state index in [1.54, 1.807) is 12.3 Å². The van der Waals surface area contributed by atoms with Gasteiger partial charge in [-0.25, -0.2) is 5.26 Å². The fraction of sp³-hybridized carbons (Fsp3) is 0.109. The van der Waals surface area contributed by atoms with Gasteiger partial charge in [0.1, 0.15) is 5.58 Å². The van der Waals surface area contributed by atoms with Gasteiger partial charge in [0.05, 0.1) is 22.4 Å². The average molecular weight is 967 g/mol. The smallest absolute Gasteiger partial charge is 0.120 e. The van der Waals surface area contributed by atoms with Gasteiger partial charge in [-0.05, 0) is 98.3 Å². The summed E-state index contributed by atoms with van der Waals surface area (Å²) in [7, 11) is 0. The topological polar surface area (TPSA) is 67.6 Å². The van der Waals surface area contributed by atoms with E-state index in [1.165, 1.54) is 33.4 Å². The second kappa shape index (κ2) is 17.8. The molecule has 10 aromatic rings. The van der Waals surface area contributed by atoms with E-state index in [0.717, 1.165) is 55.7 Å². The van der Waals surface area contributed by atoms with Gasteiger partial charge in [-0.3, -0.25) is 4.98 Å². The monoisotopic (exact) mass is 967 g/mol. The molecule has 0 unspecified atom stereocenters.